The molecular weight excluding hydrogens is 452 g/mol. The number of anilines is 1. The molecule has 1 N–H and O–H groups in total. The second-order valence-electron chi connectivity index (χ2n) is 8.06. The third kappa shape index (κ3) is 4.31. The van der Waals surface area contributed by atoms with Crippen LogP contribution in [0.3, 0.4) is 0 Å². The van der Waals surface area contributed by atoms with E-state index >= 15 is 0 Å². The highest BCUT2D eigenvalue weighted by Gasteiger charge is 2.29. The van der Waals surface area contributed by atoms with Crippen molar-refractivity contribution >= 4 is 25.7 Å². The van der Waals surface area contributed by atoms with Crippen molar-refractivity contribution in [1.29, 1.82) is 0 Å². The summed E-state index contributed by atoms with van der Waals surface area (Å²) < 4.78 is 67.3. The van der Waals surface area contributed by atoms with Crippen molar-refractivity contribution in [3.8, 4) is 11.5 Å². The summed E-state index contributed by atoms with van der Waals surface area (Å²) in [5.41, 5.74) is 2.16. The van der Waals surface area contributed by atoms with Crippen LogP contribution in [0.15, 0.2) is 40.1 Å². The number of hydrogen-bond donors (Lipinski definition) is 1. The van der Waals surface area contributed by atoms with E-state index in [1.807, 2.05) is 0 Å². The molecule has 0 radical (unpaired) electrons. The Labute approximate surface area is 189 Å². The van der Waals surface area contributed by atoms with Gasteiger partial charge in [0.25, 0.3) is 10.0 Å². The van der Waals surface area contributed by atoms with Gasteiger partial charge in [-0.05, 0) is 80.0 Å². The average molecular weight is 481 g/mol. The van der Waals surface area contributed by atoms with E-state index in [-0.39, 0.29) is 27.0 Å². The first-order valence-electron chi connectivity index (χ1n) is 10.7. The predicted octanol–water partition coefficient (Wildman–Crippen LogP) is 3.17. The zero-order valence-electron chi connectivity index (χ0n) is 18.3. The normalized spacial score (nSPS) is 17.1. The molecule has 4 rings (SSSR count). The molecule has 1 heterocycles. The summed E-state index contributed by atoms with van der Waals surface area (Å²) in [5, 5.41) is 0. The van der Waals surface area contributed by atoms with E-state index in [9.17, 15) is 16.8 Å². The SMILES string of the molecule is COc1ccc(S(=O)(=O)N2CCCC2)cc1NS(=O)(=O)c1cc2c(cc1OC)CCCC2. The lowest BCUT2D eigenvalue weighted by Crippen LogP contribution is -2.28. The molecule has 1 fully saturated rings. The summed E-state index contributed by atoms with van der Waals surface area (Å²) in [5.74, 6) is 0.490. The Kier molecular flexibility index (Phi) is 6.37. The Morgan fingerprint density at radius 3 is 2.06 bits per heavy atom. The van der Waals surface area contributed by atoms with Gasteiger partial charge in [0.05, 0.1) is 24.8 Å². The topological polar surface area (TPSA) is 102 Å². The van der Waals surface area contributed by atoms with Gasteiger partial charge in [-0.15, -0.1) is 0 Å². The first kappa shape index (κ1) is 22.9. The molecule has 1 aliphatic heterocycles. The standard InChI is InChI=1S/C22H28N2O6S2/c1-29-20-10-9-18(32(27,28)24-11-5-6-12-24)15-19(20)23-31(25,26)22-14-17-8-4-3-7-16(17)13-21(22)30-2/h9-10,13-15,23H,3-8,11-12H2,1-2H3. The van der Waals surface area contributed by atoms with Gasteiger partial charge in [0.15, 0.2) is 0 Å². The van der Waals surface area contributed by atoms with Gasteiger partial charge in [0.2, 0.25) is 10.0 Å². The number of nitrogens with one attached hydrogen (secondary N) is 1. The molecular formula is C22H28N2O6S2. The summed E-state index contributed by atoms with van der Waals surface area (Å²) >= 11 is 0. The lowest BCUT2D eigenvalue weighted by molar-refractivity contribution is 0.401. The molecule has 32 heavy (non-hydrogen) atoms. The number of methoxy groups -OCH3 is 2. The molecule has 0 saturated carbocycles. The first-order valence-corrected chi connectivity index (χ1v) is 13.6. The minimum atomic E-state index is -4.07. The van der Waals surface area contributed by atoms with Gasteiger partial charge in [-0.2, -0.15) is 4.31 Å². The molecule has 0 atom stereocenters. The molecule has 2 aliphatic rings. The van der Waals surface area contributed by atoms with E-state index in [1.54, 1.807) is 12.1 Å². The van der Waals surface area contributed by atoms with Crippen molar-refractivity contribution in [3.63, 3.8) is 0 Å². The summed E-state index contributed by atoms with van der Waals surface area (Å²) in [6.07, 6.45) is 5.41. The average Bonchev–Trinajstić information content (AvgIpc) is 3.34. The number of benzene rings is 2. The lowest BCUT2D eigenvalue weighted by atomic mass is 9.92. The predicted molar refractivity (Wildman–Crippen MR) is 121 cm³/mol. The van der Waals surface area contributed by atoms with Crippen molar-refractivity contribution in [2.45, 2.75) is 48.3 Å². The number of fused-ring (bicyclic) bond motifs is 1. The Bertz CT molecular complexity index is 1220. The quantitative estimate of drug-likeness (QED) is 0.653. The maximum Gasteiger partial charge on any atom is 0.265 e. The van der Waals surface area contributed by atoms with Gasteiger partial charge < -0.3 is 9.47 Å². The largest absolute Gasteiger partial charge is 0.495 e. The molecule has 1 saturated heterocycles. The fourth-order valence-electron chi connectivity index (χ4n) is 4.31. The van der Waals surface area contributed by atoms with Crippen LogP contribution in [0.2, 0.25) is 0 Å². The van der Waals surface area contributed by atoms with E-state index in [4.69, 9.17) is 9.47 Å². The summed E-state index contributed by atoms with van der Waals surface area (Å²) in [6, 6.07) is 7.66. The smallest absolute Gasteiger partial charge is 0.265 e. The van der Waals surface area contributed by atoms with Crippen LogP contribution in [0.25, 0.3) is 0 Å². The Morgan fingerprint density at radius 2 is 1.44 bits per heavy atom. The zero-order valence-corrected chi connectivity index (χ0v) is 19.9. The van der Waals surface area contributed by atoms with Crippen LogP contribution in [-0.2, 0) is 32.9 Å². The highest BCUT2D eigenvalue weighted by molar-refractivity contribution is 7.93. The highest BCUT2D eigenvalue weighted by Crippen LogP contribution is 2.36. The van der Waals surface area contributed by atoms with E-state index in [2.05, 4.69) is 4.72 Å². The molecule has 174 valence electrons. The lowest BCUT2D eigenvalue weighted by Gasteiger charge is -2.20. The van der Waals surface area contributed by atoms with Crippen molar-refractivity contribution in [2.75, 3.05) is 32.0 Å². The second-order valence-corrected chi connectivity index (χ2v) is 11.6. The van der Waals surface area contributed by atoms with Gasteiger partial charge in [-0.25, -0.2) is 16.8 Å². The maximum absolute atomic E-state index is 13.3. The Morgan fingerprint density at radius 1 is 0.812 bits per heavy atom. The monoisotopic (exact) mass is 480 g/mol. The third-order valence-corrected chi connectivity index (χ3v) is 9.32. The van der Waals surface area contributed by atoms with Crippen LogP contribution in [-0.4, -0.2) is 48.4 Å². The summed E-state index contributed by atoms with van der Waals surface area (Å²) in [7, 11) is -4.94. The van der Waals surface area contributed by atoms with Gasteiger partial charge in [0.1, 0.15) is 16.4 Å². The number of aryl methyl sites for hydroxylation is 2. The molecule has 10 heteroatoms. The van der Waals surface area contributed by atoms with Crippen LogP contribution < -0.4 is 14.2 Å². The van der Waals surface area contributed by atoms with Crippen LogP contribution in [0.5, 0.6) is 11.5 Å². The van der Waals surface area contributed by atoms with E-state index < -0.39 is 20.0 Å². The van der Waals surface area contributed by atoms with Gasteiger partial charge in [-0.3, -0.25) is 4.72 Å². The Hall–Kier alpha value is -2.30. The van der Waals surface area contributed by atoms with Crippen LogP contribution in [0.4, 0.5) is 5.69 Å². The van der Waals surface area contributed by atoms with Gasteiger partial charge in [-0.1, -0.05) is 0 Å². The second kappa shape index (κ2) is 8.92. The minimum Gasteiger partial charge on any atom is -0.495 e. The minimum absolute atomic E-state index is 0.0234. The summed E-state index contributed by atoms with van der Waals surface area (Å²) in [6.45, 7) is 0.920. The zero-order chi connectivity index (χ0) is 22.9. The molecule has 0 bridgehead atoms. The van der Waals surface area contributed by atoms with Crippen LogP contribution in [0, 0.1) is 0 Å². The van der Waals surface area contributed by atoms with E-state index in [0.29, 0.717) is 13.1 Å². The number of sulfonamides is 2. The Balaban J connectivity index is 1.73. The van der Waals surface area contributed by atoms with E-state index in [1.165, 1.54) is 36.7 Å². The fourth-order valence-corrected chi connectivity index (χ4v) is 7.12. The molecule has 0 unspecified atom stereocenters. The molecule has 0 amide bonds. The number of ether oxygens (including phenoxy) is 2. The fraction of sp³-hybridized carbons (Fsp3) is 0.455. The highest BCUT2D eigenvalue weighted by atomic mass is 32.2. The number of hydrogen-bond acceptors (Lipinski definition) is 6. The van der Waals surface area contributed by atoms with Crippen molar-refractivity contribution in [2.24, 2.45) is 0 Å². The van der Waals surface area contributed by atoms with E-state index in [0.717, 1.165) is 49.7 Å². The number of nitrogens with zero attached hydrogens (tertiary/aromatic N) is 1. The maximum atomic E-state index is 13.3. The number of rotatable bonds is 7. The molecule has 1 aliphatic carbocycles. The van der Waals surface area contributed by atoms with Crippen molar-refractivity contribution in [3.05, 3.63) is 41.5 Å². The molecule has 0 aromatic heterocycles. The molecule has 8 nitrogen and oxygen atoms in total. The molecule has 0 spiro atoms. The molecule has 2 aromatic rings. The van der Waals surface area contributed by atoms with Crippen LogP contribution in [0.1, 0.15) is 36.8 Å². The molecule has 2 aromatic carbocycles. The van der Waals surface area contributed by atoms with Crippen molar-refractivity contribution in [1.82, 2.24) is 4.31 Å². The van der Waals surface area contributed by atoms with Crippen molar-refractivity contribution < 1.29 is 26.3 Å². The van der Waals surface area contributed by atoms with Gasteiger partial charge >= 0.3 is 0 Å². The third-order valence-electron chi connectivity index (χ3n) is 6.04. The first-order chi connectivity index (χ1) is 15.3. The summed E-state index contributed by atoms with van der Waals surface area (Å²) in [4.78, 5) is 0.0470. The van der Waals surface area contributed by atoms with Gasteiger partial charge in [0, 0.05) is 13.1 Å². The van der Waals surface area contributed by atoms with Crippen LogP contribution >= 0.6 is 0 Å².